The summed E-state index contributed by atoms with van der Waals surface area (Å²) >= 11 is 6.24. The zero-order valence-electron chi connectivity index (χ0n) is 10.3. The molecule has 0 amide bonds. The van der Waals surface area contributed by atoms with Crippen molar-refractivity contribution < 1.29 is 0 Å². The average Bonchev–Trinajstić information content (AvgIpc) is 2.54. The molecule has 1 rings (SSSR count). The van der Waals surface area contributed by atoms with Gasteiger partial charge in [-0.3, -0.25) is 4.68 Å². The van der Waals surface area contributed by atoms with Gasteiger partial charge in [-0.15, -0.1) is 0 Å². The fourth-order valence-electron chi connectivity index (χ4n) is 1.72. The van der Waals surface area contributed by atoms with Crippen LogP contribution < -0.4 is 5.73 Å². The van der Waals surface area contributed by atoms with E-state index in [1.807, 2.05) is 11.6 Å². The van der Waals surface area contributed by atoms with Crippen molar-refractivity contribution in [1.29, 1.82) is 0 Å². The van der Waals surface area contributed by atoms with Gasteiger partial charge in [-0.2, -0.15) is 5.10 Å². The maximum Gasteiger partial charge on any atom is 0.0860 e. The molecule has 0 unspecified atom stereocenters. The number of rotatable bonds is 6. The van der Waals surface area contributed by atoms with Crippen LogP contribution in [0.3, 0.4) is 0 Å². The maximum absolute atomic E-state index is 6.24. The summed E-state index contributed by atoms with van der Waals surface area (Å²) in [6.45, 7) is 7.41. The second-order valence-electron chi connectivity index (χ2n) is 4.04. The number of nitrogens with two attached hydrogens (primary N) is 1. The Morgan fingerprint density at radius 3 is 2.75 bits per heavy atom. The van der Waals surface area contributed by atoms with E-state index >= 15 is 0 Å². The Morgan fingerprint density at radius 2 is 2.19 bits per heavy atom. The lowest BCUT2D eigenvalue weighted by Crippen LogP contribution is -2.23. The van der Waals surface area contributed by atoms with E-state index in [2.05, 4.69) is 24.0 Å². The minimum Gasteiger partial charge on any atom is -0.330 e. The molecule has 0 atom stereocenters. The molecule has 92 valence electrons. The minimum absolute atomic E-state index is 0.726. The number of aromatic nitrogens is 2. The highest BCUT2D eigenvalue weighted by Crippen LogP contribution is 2.21. The van der Waals surface area contributed by atoms with Gasteiger partial charge in [-0.25, -0.2) is 0 Å². The molecule has 1 heterocycles. The third kappa shape index (κ3) is 3.20. The van der Waals surface area contributed by atoms with E-state index in [4.69, 9.17) is 17.3 Å². The third-order valence-electron chi connectivity index (χ3n) is 2.62. The Balaban J connectivity index is 2.71. The van der Waals surface area contributed by atoms with Gasteiger partial charge in [0.15, 0.2) is 0 Å². The Bertz CT molecular complexity index is 335. The molecule has 0 aliphatic heterocycles. The summed E-state index contributed by atoms with van der Waals surface area (Å²) in [6.07, 6.45) is 1.01. The molecule has 4 nitrogen and oxygen atoms in total. The second-order valence-corrected chi connectivity index (χ2v) is 4.42. The van der Waals surface area contributed by atoms with Crippen molar-refractivity contribution in [3.63, 3.8) is 0 Å². The second kappa shape index (κ2) is 6.23. The van der Waals surface area contributed by atoms with Crippen molar-refractivity contribution in [2.75, 3.05) is 20.1 Å². The highest BCUT2D eigenvalue weighted by atomic mass is 35.5. The Kier molecular flexibility index (Phi) is 5.25. The summed E-state index contributed by atoms with van der Waals surface area (Å²) in [6, 6.07) is 0. The fraction of sp³-hybridized carbons (Fsp3) is 0.727. The monoisotopic (exact) mass is 244 g/mol. The summed E-state index contributed by atoms with van der Waals surface area (Å²) < 4.78 is 1.97. The van der Waals surface area contributed by atoms with Crippen LogP contribution in [-0.2, 0) is 13.1 Å². The lowest BCUT2D eigenvalue weighted by molar-refractivity contribution is 0.313. The molecular formula is C11H21ClN4. The molecule has 0 aliphatic rings. The lowest BCUT2D eigenvalue weighted by Gasteiger charge is -2.16. The summed E-state index contributed by atoms with van der Waals surface area (Å²) in [5.41, 5.74) is 7.50. The SMILES string of the molecule is CCn1nc(C)c(Cl)c1CN(C)CCCN. The molecule has 0 radical (unpaired) electrons. The van der Waals surface area contributed by atoms with Gasteiger partial charge in [0.1, 0.15) is 0 Å². The first-order valence-corrected chi connectivity index (χ1v) is 6.08. The zero-order chi connectivity index (χ0) is 12.1. The summed E-state index contributed by atoms with van der Waals surface area (Å²) in [5, 5.41) is 5.19. The molecule has 0 bridgehead atoms. The molecule has 0 aromatic carbocycles. The van der Waals surface area contributed by atoms with Gasteiger partial charge < -0.3 is 10.6 Å². The molecule has 5 heteroatoms. The quantitative estimate of drug-likeness (QED) is 0.828. The normalized spacial score (nSPS) is 11.4. The standard InChI is InChI=1S/C11H21ClN4/c1-4-16-10(11(12)9(2)14-16)8-15(3)7-5-6-13/h4-8,13H2,1-3H3. The van der Waals surface area contributed by atoms with Crippen LogP contribution in [0.15, 0.2) is 0 Å². The molecule has 16 heavy (non-hydrogen) atoms. The topological polar surface area (TPSA) is 47.1 Å². The minimum atomic E-state index is 0.726. The van der Waals surface area contributed by atoms with E-state index < -0.39 is 0 Å². The van der Waals surface area contributed by atoms with Gasteiger partial charge in [-0.1, -0.05) is 11.6 Å². The van der Waals surface area contributed by atoms with Crippen molar-refractivity contribution in [1.82, 2.24) is 14.7 Å². The first kappa shape index (κ1) is 13.5. The first-order valence-electron chi connectivity index (χ1n) is 5.70. The number of halogens is 1. The van der Waals surface area contributed by atoms with Gasteiger partial charge in [0.25, 0.3) is 0 Å². The van der Waals surface area contributed by atoms with Crippen LogP contribution in [0.2, 0.25) is 5.02 Å². The van der Waals surface area contributed by atoms with Crippen molar-refractivity contribution in [2.24, 2.45) is 5.73 Å². The van der Waals surface area contributed by atoms with Crippen molar-refractivity contribution in [2.45, 2.75) is 33.4 Å². The fourth-order valence-corrected chi connectivity index (χ4v) is 1.91. The van der Waals surface area contributed by atoms with E-state index in [1.54, 1.807) is 0 Å². The van der Waals surface area contributed by atoms with Gasteiger partial charge in [0, 0.05) is 13.1 Å². The molecule has 2 N–H and O–H groups in total. The number of hydrogen-bond acceptors (Lipinski definition) is 3. The predicted octanol–water partition coefficient (Wildman–Crippen LogP) is 1.65. The van der Waals surface area contributed by atoms with Crippen LogP contribution in [0.4, 0.5) is 0 Å². The molecule has 0 fully saturated rings. The highest BCUT2D eigenvalue weighted by molar-refractivity contribution is 6.31. The number of hydrogen-bond donors (Lipinski definition) is 1. The van der Waals surface area contributed by atoms with Crippen molar-refractivity contribution in [3.8, 4) is 0 Å². The predicted molar refractivity (Wildman–Crippen MR) is 67.7 cm³/mol. The van der Waals surface area contributed by atoms with E-state index in [0.29, 0.717) is 0 Å². The van der Waals surface area contributed by atoms with E-state index in [9.17, 15) is 0 Å². The molecule has 1 aromatic heterocycles. The van der Waals surface area contributed by atoms with Crippen molar-refractivity contribution in [3.05, 3.63) is 16.4 Å². The Labute approximate surface area is 102 Å². The number of nitrogens with zero attached hydrogens (tertiary/aromatic N) is 3. The van der Waals surface area contributed by atoms with E-state index in [1.165, 1.54) is 0 Å². The molecule has 0 spiro atoms. The highest BCUT2D eigenvalue weighted by Gasteiger charge is 2.13. The van der Waals surface area contributed by atoms with Crippen LogP contribution in [0.5, 0.6) is 0 Å². The smallest absolute Gasteiger partial charge is 0.0860 e. The van der Waals surface area contributed by atoms with Crippen LogP contribution in [0.25, 0.3) is 0 Å². The molecule has 0 aliphatic carbocycles. The molecule has 0 saturated carbocycles. The number of aryl methyl sites for hydroxylation is 2. The third-order valence-corrected chi connectivity index (χ3v) is 3.11. The summed E-state index contributed by atoms with van der Waals surface area (Å²) in [7, 11) is 2.08. The van der Waals surface area contributed by atoms with E-state index in [0.717, 1.165) is 49.0 Å². The Hall–Kier alpha value is -0.580. The Morgan fingerprint density at radius 1 is 1.50 bits per heavy atom. The van der Waals surface area contributed by atoms with Crippen LogP contribution in [0.1, 0.15) is 24.7 Å². The lowest BCUT2D eigenvalue weighted by atomic mass is 10.3. The zero-order valence-corrected chi connectivity index (χ0v) is 11.1. The average molecular weight is 245 g/mol. The first-order chi connectivity index (χ1) is 7.60. The largest absolute Gasteiger partial charge is 0.330 e. The van der Waals surface area contributed by atoms with Crippen LogP contribution >= 0.6 is 11.6 Å². The van der Waals surface area contributed by atoms with Gasteiger partial charge in [0.2, 0.25) is 0 Å². The van der Waals surface area contributed by atoms with Crippen molar-refractivity contribution >= 4 is 11.6 Å². The summed E-state index contributed by atoms with van der Waals surface area (Å²) in [4.78, 5) is 2.22. The molecular weight excluding hydrogens is 224 g/mol. The van der Waals surface area contributed by atoms with Gasteiger partial charge >= 0.3 is 0 Å². The van der Waals surface area contributed by atoms with Crippen LogP contribution in [0, 0.1) is 6.92 Å². The maximum atomic E-state index is 6.24. The summed E-state index contributed by atoms with van der Waals surface area (Å²) in [5.74, 6) is 0. The van der Waals surface area contributed by atoms with Gasteiger partial charge in [0.05, 0.1) is 16.4 Å². The van der Waals surface area contributed by atoms with E-state index in [-0.39, 0.29) is 0 Å². The molecule has 0 saturated heterocycles. The van der Waals surface area contributed by atoms with Gasteiger partial charge in [-0.05, 0) is 40.4 Å². The molecule has 1 aromatic rings. The van der Waals surface area contributed by atoms with Crippen LogP contribution in [-0.4, -0.2) is 34.8 Å².